The van der Waals surface area contributed by atoms with Crippen molar-refractivity contribution in [2.24, 2.45) is 4.99 Å². The summed E-state index contributed by atoms with van der Waals surface area (Å²) in [5, 5.41) is 10.4. The topological polar surface area (TPSA) is 58.6 Å². The average molecular weight is 363 g/mol. The first kappa shape index (κ1) is 16.4. The van der Waals surface area contributed by atoms with Gasteiger partial charge < -0.3 is 9.52 Å². The lowest BCUT2D eigenvalue weighted by molar-refractivity contribution is 0.474. The predicted octanol–water partition coefficient (Wildman–Crippen LogP) is 5.91. The summed E-state index contributed by atoms with van der Waals surface area (Å²) in [5.74, 6) is 0.713. The summed E-state index contributed by atoms with van der Waals surface area (Å²) in [5.41, 5.74) is 4.94. The highest BCUT2D eigenvalue weighted by Crippen LogP contribution is 2.27. The second kappa shape index (κ2) is 6.65. The van der Waals surface area contributed by atoms with Crippen molar-refractivity contribution in [1.82, 2.24) is 4.98 Å². The van der Waals surface area contributed by atoms with E-state index in [9.17, 15) is 5.11 Å². The molecule has 0 fully saturated rings. The van der Waals surface area contributed by atoms with E-state index < -0.39 is 0 Å². The lowest BCUT2D eigenvalue weighted by Gasteiger charge is -2.00. The van der Waals surface area contributed by atoms with Gasteiger partial charge >= 0.3 is 0 Å². The number of halogens is 1. The summed E-state index contributed by atoms with van der Waals surface area (Å²) in [6.45, 7) is 2.02. The molecule has 0 atom stereocenters. The minimum atomic E-state index is 0.136. The standard InChI is InChI=1S/C21H15ClN2O2/c1-13-2-8-18-20(10-13)26-21(24-18)14-3-6-17(7-4-14)23-12-15-11-16(22)5-9-19(15)25/h2-12,25H,1H3. The van der Waals surface area contributed by atoms with Crippen molar-refractivity contribution in [2.45, 2.75) is 6.92 Å². The maximum absolute atomic E-state index is 9.82. The molecule has 1 aromatic heterocycles. The second-order valence-electron chi connectivity index (χ2n) is 6.00. The highest BCUT2D eigenvalue weighted by atomic mass is 35.5. The fourth-order valence-corrected chi connectivity index (χ4v) is 2.80. The predicted molar refractivity (Wildman–Crippen MR) is 105 cm³/mol. The normalized spacial score (nSPS) is 11.5. The van der Waals surface area contributed by atoms with Gasteiger partial charge in [-0.2, -0.15) is 0 Å². The Balaban J connectivity index is 1.59. The van der Waals surface area contributed by atoms with Crippen LogP contribution in [0.2, 0.25) is 5.02 Å². The van der Waals surface area contributed by atoms with Crippen molar-refractivity contribution in [3.05, 3.63) is 76.8 Å². The molecule has 1 heterocycles. The first-order valence-corrected chi connectivity index (χ1v) is 8.46. The van der Waals surface area contributed by atoms with Crippen LogP contribution >= 0.6 is 11.6 Å². The number of nitrogens with zero attached hydrogens (tertiary/aromatic N) is 2. The van der Waals surface area contributed by atoms with Gasteiger partial charge in [0, 0.05) is 22.4 Å². The Hall–Kier alpha value is -3.11. The van der Waals surface area contributed by atoms with Crippen molar-refractivity contribution >= 4 is 34.6 Å². The molecule has 26 heavy (non-hydrogen) atoms. The van der Waals surface area contributed by atoms with Crippen molar-refractivity contribution in [2.75, 3.05) is 0 Å². The molecule has 0 aliphatic carbocycles. The number of aryl methyl sites for hydroxylation is 1. The first-order chi connectivity index (χ1) is 12.6. The average Bonchev–Trinajstić information content (AvgIpc) is 3.06. The molecule has 0 unspecified atom stereocenters. The van der Waals surface area contributed by atoms with Crippen LogP contribution in [0.15, 0.2) is 70.1 Å². The summed E-state index contributed by atoms with van der Waals surface area (Å²) in [6.07, 6.45) is 1.58. The van der Waals surface area contributed by atoms with Gasteiger partial charge in [-0.15, -0.1) is 0 Å². The van der Waals surface area contributed by atoms with Crippen molar-refractivity contribution < 1.29 is 9.52 Å². The molecule has 5 heteroatoms. The number of hydrogen-bond donors (Lipinski definition) is 1. The molecule has 1 N–H and O–H groups in total. The van der Waals surface area contributed by atoms with Gasteiger partial charge in [-0.05, 0) is 67.1 Å². The van der Waals surface area contributed by atoms with E-state index in [-0.39, 0.29) is 5.75 Å². The van der Waals surface area contributed by atoms with Crippen LogP contribution in [-0.4, -0.2) is 16.3 Å². The molecule has 4 rings (SSSR count). The fraction of sp³-hybridized carbons (Fsp3) is 0.0476. The molecular weight excluding hydrogens is 348 g/mol. The van der Waals surface area contributed by atoms with Crippen LogP contribution in [-0.2, 0) is 0 Å². The van der Waals surface area contributed by atoms with Gasteiger partial charge in [-0.25, -0.2) is 4.98 Å². The number of phenolic OH excluding ortho intramolecular Hbond substituents is 1. The fourth-order valence-electron chi connectivity index (χ4n) is 2.62. The molecule has 0 aliphatic heterocycles. The van der Waals surface area contributed by atoms with E-state index in [0.717, 1.165) is 27.9 Å². The molecule has 0 bridgehead atoms. The molecule has 0 saturated carbocycles. The van der Waals surface area contributed by atoms with Crippen molar-refractivity contribution in [3.63, 3.8) is 0 Å². The molecule has 4 nitrogen and oxygen atoms in total. The number of benzene rings is 3. The number of aromatic nitrogens is 1. The van der Waals surface area contributed by atoms with Crippen LogP contribution in [0.4, 0.5) is 5.69 Å². The van der Waals surface area contributed by atoms with E-state index in [1.54, 1.807) is 24.4 Å². The number of fused-ring (bicyclic) bond motifs is 1. The third-order valence-corrected chi connectivity index (χ3v) is 4.24. The quantitative estimate of drug-likeness (QED) is 0.460. The molecule has 3 aromatic carbocycles. The maximum Gasteiger partial charge on any atom is 0.227 e. The minimum Gasteiger partial charge on any atom is -0.507 e. The SMILES string of the molecule is Cc1ccc2nc(-c3ccc(N=Cc4cc(Cl)ccc4O)cc3)oc2c1. The molecule has 128 valence electrons. The zero-order valence-corrected chi connectivity index (χ0v) is 14.7. The maximum atomic E-state index is 9.82. The summed E-state index contributed by atoms with van der Waals surface area (Å²) < 4.78 is 5.84. The number of aromatic hydroxyl groups is 1. The Bertz CT molecular complexity index is 1110. The second-order valence-corrected chi connectivity index (χ2v) is 6.43. The first-order valence-electron chi connectivity index (χ1n) is 8.09. The van der Waals surface area contributed by atoms with Crippen molar-refractivity contribution in [1.29, 1.82) is 0 Å². The molecule has 4 aromatic rings. The number of aliphatic imine (C=N–C) groups is 1. The number of oxazole rings is 1. The zero-order chi connectivity index (χ0) is 18.1. The molecule has 0 spiro atoms. The van der Waals surface area contributed by atoms with Crippen molar-refractivity contribution in [3.8, 4) is 17.2 Å². The van der Waals surface area contributed by atoms with Gasteiger partial charge in [-0.1, -0.05) is 17.7 Å². The van der Waals surface area contributed by atoms with Crippen LogP contribution in [0.5, 0.6) is 5.75 Å². The highest BCUT2D eigenvalue weighted by Gasteiger charge is 2.08. The van der Waals surface area contributed by atoms with Crippen LogP contribution in [0, 0.1) is 6.92 Å². The largest absolute Gasteiger partial charge is 0.507 e. The van der Waals surface area contributed by atoms with Crippen LogP contribution in [0.25, 0.3) is 22.6 Å². The van der Waals surface area contributed by atoms with Gasteiger partial charge in [0.05, 0.1) is 5.69 Å². The number of hydrogen-bond acceptors (Lipinski definition) is 4. The summed E-state index contributed by atoms with van der Waals surface area (Å²) in [6, 6.07) is 18.3. The van der Waals surface area contributed by atoms with Gasteiger partial charge in [0.15, 0.2) is 5.58 Å². The lowest BCUT2D eigenvalue weighted by Crippen LogP contribution is -1.82. The Labute approximate surface area is 155 Å². The van der Waals surface area contributed by atoms with Crippen LogP contribution < -0.4 is 0 Å². The van der Waals surface area contributed by atoms with Crippen LogP contribution in [0.1, 0.15) is 11.1 Å². The molecule has 0 saturated heterocycles. The Morgan fingerprint density at radius 1 is 1.04 bits per heavy atom. The van der Waals surface area contributed by atoms with E-state index in [4.69, 9.17) is 16.0 Å². The summed E-state index contributed by atoms with van der Waals surface area (Å²) >= 11 is 5.94. The zero-order valence-electron chi connectivity index (χ0n) is 14.0. The Kier molecular flexibility index (Phi) is 4.19. The molecule has 0 aliphatic rings. The number of rotatable bonds is 3. The number of phenols is 1. The van der Waals surface area contributed by atoms with Gasteiger partial charge in [0.2, 0.25) is 5.89 Å². The van der Waals surface area contributed by atoms with Gasteiger partial charge in [-0.3, -0.25) is 4.99 Å². The smallest absolute Gasteiger partial charge is 0.227 e. The monoisotopic (exact) mass is 362 g/mol. The van der Waals surface area contributed by atoms with Gasteiger partial charge in [0.25, 0.3) is 0 Å². The Morgan fingerprint density at radius 3 is 2.65 bits per heavy atom. The lowest BCUT2D eigenvalue weighted by atomic mass is 10.2. The van der Waals surface area contributed by atoms with E-state index in [1.807, 2.05) is 49.4 Å². The minimum absolute atomic E-state index is 0.136. The van der Waals surface area contributed by atoms with Gasteiger partial charge in [0.1, 0.15) is 11.3 Å². The van der Waals surface area contributed by atoms with E-state index in [2.05, 4.69) is 9.98 Å². The Morgan fingerprint density at radius 2 is 1.85 bits per heavy atom. The summed E-state index contributed by atoms with van der Waals surface area (Å²) in [4.78, 5) is 8.89. The van der Waals surface area contributed by atoms with E-state index in [1.165, 1.54) is 0 Å². The molecular formula is C21H15ClN2O2. The summed E-state index contributed by atoms with van der Waals surface area (Å²) in [7, 11) is 0. The van der Waals surface area contributed by atoms with Crippen LogP contribution in [0.3, 0.4) is 0 Å². The van der Waals surface area contributed by atoms with E-state index in [0.29, 0.717) is 16.5 Å². The van der Waals surface area contributed by atoms with E-state index >= 15 is 0 Å². The molecule has 0 amide bonds. The third kappa shape index (κ3) is 3.32. The third-order valence-electron chi connectivity index (χ3n) is 4.00. The highest BCUT2D eigenvalue weighted by molar-refractivity contribution is 6.30. The molecule has 0 radical (unpaired) electrons.